The normalized spacial score (nSPS) is 9.62. The lowest BCUT2D eigenvalue weighted by molar-refractivity contribution is 1.04. The fraction of sp³-hybridized carbons (Fsp3) is 0.200. The van der Waals surface area contributed by atoms with Crippen LogP contribution in [0.3, 0.4) is 0 Å². The van der Waals surface area contributed by atoms with Crippen LogP contribution in [0.1, 0.15) is 0 Å². The monoisotopic (exact) mass is 177 g/mol. The van der Waals surface area contributed by atoms with E-state index in [0.717, 1.165) is 23.6 Å². The maximum absolute atomic E-state index is 5.79. The zero-order valence-electron chi connectivity index (χ0n) is 7.83. The van der Waals surface area contributed by atoms with Crippen molar-refractivity contribution in [3.05, 3.63) is 30.9 Å². The lowest BCUT2D eigenvalue weighted by Gasteiger charge is -2.19. The molecule has 0 amide bonds. The summed E-state index contributed by atoms with van der Waals surface area (Å²) >= 11 is 0. The molecule has 0 spiro atoms. The minimum atomic E-state index is 0.722. The van der Waals surface area contributed by atoms with Gasteiger partial charge < -0.3 is 16.4 Å². The Morgan fingerprint density at radius 1 is 1.46 bits per heavy atom. The Morgan fingerprint density at radius 2 is 2.15 bits per heavy atom. The summed E-state index contributed by atoms with van der Waals surface area (Å²) in [5.74, 6) is 0. The van der Waals surface area contributed by atoms with Crippen LogP contribution in [0.2, 0.25) is 0 Å². The van der Waals surface area contributed by atoms with E-state index in [1.807, 2.05) is 30.2 Å². The van der Waals surface area contributed by atoms with Crippen LogP contribution in [-0.2, 0) is 0 Å². The van der Waals surface area contributed by atoms with Gasteiger partial charge in [-0.15, -0.1) is 6.58 Å². The van der Waals surface area contributed by atoms with Gasteiger partial charge in [0.1, 0.15) is 0 Å². The first-order chi connectivity index (χ1) is 6.15. The van der Waals surface area contributed by atoms with Crippen molar-refractivity contribution in [3.63, 3.8) is 0 Å². The number of anilines is 3. The van der Waals surface area contributed by atoms with E-state index in [0.29, 0.717) is 0 Å². The van der Waals surface area contributed by atoms with Crippen LogP contribution >= 0.6 is 0 Å². The van der Waals surface area contributed by atoms with Crippen LogP contribution < -0.4 is 16.4 Å². The number of nitrogens with zero attached hydrogens (tertiary/aromatic N) is 1. The van der Waals surface area contributed by atoms with E-state index in [2.05, 4.69) is 6.58 Å². The fourth-order valence-corrected chi connectivity index (χ4v) is 1.18. The van der Waals surface area contributed by atoms with Crippen molar-refractivity contribution in [1.82, 2.24) is 0 Å². The van der Waals surface area contributed by atoms with Crippen molar-refractivity contribution < 1.29 is 0 Å². The molecular weight excluding hydrogens is 162 g/mol. The molecule has 0 heterocycles. The quantitative estimate of drug-likeness (QED) is 0.543. The second-order valence-electron chi connectivity index (χ2n) is 2.99. The third kappa shape index (κ3) is 2.15. The van der Waals surface area contributed by atoms with Gasteiger partial charge in [0.15, 0.2) is 0 Å². The molecule has 0 aliphatic carbocycles. The number of hydrogen-bond acceptors (Lipinski definition) is 3. The topological polar surface area (TPSA) is 55.3 Å². The SMILES string of the molecule is C=CCN(C)c1cc(N)ccc1N. The first-order valence-corrected chi connectivity index (χ1v) is 4.12. The molecule has 1 rings (SSSR count). The number of nitrogens with two attached hydrogens (primary N) is 2. The number of rotatable bonds is 3. The van der Waals surface area contributed by atoms with Gasteiger partial charge in [0.05, 0.1) is 11.4 Å². The standard InChI is InChI=1S/C10H15N3/c1-3-6-13(2)10-7-8(11)4-5-9(10)12/h3-5,7H,1,6,11-12H2,2H3. The van der Waals surface area contributed by atoms with E-state index in [4.69, 9.17) is 11.5 Å². The molecule has 0 radical (unpaired) electrons. The van der Waals surface area contributed by atoms with Crippen molar-refractivity contribution in [2.45, 2.75) is 0 Å². The van der Waals surface area contributed by atoms with Crippen molar-refractivity contribution >= 4 is 17.1 Å². The zero-order chi connectivity index (χ0) is 9.84. The van der Waals surface area contributed by atoms with Gasteiger partial charge in [0, 0.05) is 19.3 Å². The van der Waals surface area contributed by atoms with Gasteiger partial charge in [-0.25, -0.2) is 0 Å². The molecule has 3 heteroatoms. The van der Waals surface area contributed by atoms with Crippen LogP contribution in [0.15, 0.2) is 30.9 Å². The Kier molecular flexibility index (Phi) is 2.80. The molecule has 4 N–H and O–H groups in total. The summed E-state index contributed by atoms with van der Waals surface area (Å²) in [6.45, 7) is 4.42. The lowest BCUT2D eigenvalue weighted by atomic mass is 10.2. The molecule has 0 aromatic heterocycles. The van der Waals surface area contributed by atoms with Gasteiger partial charge in [0.25, 0.3) is 0 Å². The van der Waals surface area contributed by atoms with Gasteiger partial charge in [0.2, 0.25) is 0 Å². The second kappa shape index (κ2) is 3.85. The summed E-state index contributed by atoms with van der Waals surface area (Å²) in [6, 6.07) is 5.46. The molecule has 0 saturated carbocycles. The first kappa shape index (κ1) is 9.45. The van der Waals surface area contributed by atoms with E-state index in [1.54, 1.807) is 6.07 Å². The summed E-state index contributed by atoms with van der Waals surface area (Å²) in [7, 11) is 1.95. The molecule has 0 atom stereocenters. The molecule has 0 aliphatic heterocycles. The van der Waals surface area contributed by atoms with Crippen molar-refractivity contribution in [3.8, 4) is 0 Å². The average molecular weight is 177 g/mol. The molecular formula is C10H15N3. The highest BCUT2D eigenvalue weighted by molar-refractivity contribution is 5.71. The minimum Gasteiger partial charge on any atom is -0.399 e. The van der Waals surface area contributed by atoms with Crippen LogP contribution in [0.5, 0.6) is 0 Å². The second-order valence-corrected chi connectivity index (χ2v) is 2.99. The molecule has 0 bridgehead atoms. The van der Waals surface area contributed by atoms with Gasteiger partial charge >= 0.3 is 0 Å². The molecule has 0 unspecified atom stereocenters. The van der Waals surface area contributed by atoms with E-state index in [9.17, 15) is 0 Å². The molecule has 0 fully saturated rings. The third-order valence-electron chi connectivity index (χ3n) is 1.87. The highest BCUT2D eigenvalue weighted by Gasteiger charge is 2.03. The Balaban J connectivity index is 2.97. The van der Waals surface area contributed by atoms with Crippen molar-refractivity contribution in [2.75, 3.05) is 30.0 Å². The van der Waals surface area contributed by atoms with Crippen LogP contribution in [0.25, 0.3) is 0 Å². The highest BCUT2D eigenvalue weighted by Crippen LogP contribution is 2.24. The predicted octanol–water partition coefficient (Wildman–Crippen LogP) is 1.47. The van der Waals surface area contributed by atoms with Crippen LogP contribution in [0, 0.1) is 0 Å². The third-order valence-corrected chi connectivity index (χ3v) is 1.87. The van der Waals surface area contributed by atoms with Crippen LogP contribution in [0.4, 0.5) is 17.1 Å². The molecule has 70 valence electrons. The number of likely N-dealkylation sites (N-methyl/N-ethyl adjacent to an activating group) is 1. The Labute approximate surface area is 78.6 Å². The average Bonchev–Trinajstić information content (AvgIpc) is 2.09. The van der Waals surface area contributed by atoms with Gasteiger partial charge in [-0.2, -0.15) is 0 Å². The summed E-state index contributed by atoms with van der Waals surface area (Å²) in [4.78, 5) is 2.00. The molecule has 1 aromatic rings. The molecule has 1 aromatic carbocycles. The number of benzene rings is 1. The van der Waals surface area contributed by atoms with Crippen molar-refractivity contribution in [1.29, 1.82) is 0 Å². The maximum Gasteiger partial charge on any atom is 0.0620 e. The van der Waals surface area contributed by atoms with E-state index in [-0.39, 0.29) is 0 Å². The fourth-order valence-electron chi connectivity index (χ4n) is 1.18. The number of nitrogen functional groups attached to an aromatic ring is 2. The Morgan fingerprint density at radius 3 is 2.77 bits per heavy atom. The van der Waals surface area contributed by atoms with E-state index < -0.39 is 0 Å². The Bertz CT molecular complexity index is 307. The summed E-state index contributed by atoms with van der Waals surface area (Å²) in [5.41, 5.74) is 13.8. The van der Waals surface area contributed by atoms with E-state index >= 15 is 0 Å². The highest BCUT2D eigenvalue weighted by atomic mass is 15.1. The first-order valence-electron chi connectivity index (χ1n) is 4.12. The largest absolute Gasteiger partial charge is 0.399 e. The summed E-state index contributed by atoms with van der Waals surface area (Å²) < 4.78 is 0. The maximum atomic E-state index is 5.79. The van der Waals surface area contributed by atoms with Crippen molar-refractivity contribution in [2.24, 2.45) is 0 Å². The van der Waals surface area contributed by atoms with E-state index in [1.165, 1.54) is 0 Å². The summed E-state index contributed by atoms with van der Waals surface area (Å²) in [5, 5.41) is 0. The predicted molar refractivity (Wildman–Crippen MR) is 58.7 cm³/mol. The van der Waals surface area contributed by atoms with Gasteiger partial charge in [-0.1, -0.05) is 6.08 Å². The zero-order valence-corrected chi connectivity index (χ0v) is 7.83. The summed E-state index contributed by atoms with van der Waals surface area (Å²) in [6.07, 6.45) is 1.82. The lowest BCUT2D eigenvalue weighted by Crippen LogP contribution is -2.18. The molecule has 0 saturated heterocycles. The van der Waals surface area contributed by atoms with Gasteiger partial charge in [-0.05, 0) is 18.2 Å². The van der Waals surface area contributed by atoms with Gasteiger partial charge in [-0.3, -0.25) is 0 Å². The molecule has 13 heavy (non-hydrogen) atoms. The Hall–Kier alpha value is -1.64. The molecule has 3 nitrogen and oxygen atoms in total. The minimum absolute atomic E-state index is 0.722. The smallest absolute Gasteiger partial charge is 0.0620 e. The number of hydrogen-bond donors (Lipinski definition) is 2. The molecule has 0 aliphatic rings. The van der Waals surface area contributed by atoms with Crippen LogP contribution in [-0.4, -0.2) is 13.6 Å².